The molecule has 0 bridgehead atoms. The average Bonchev–Trinajstić information content (AvgIpc) is 3.06. The van der Waals surface area contributed by atoms with Crippen LogP contribution in [0.2, 0.25) is 0 Å². The van der Waals surface area contributed by atoms with E-state index in [-0.39, 0.29) is 24.5 Å². The molecule has 0 aliphatic rings. The van der Waals surface area contributed by atoms with Crippen LogP contribution in [0, 0.1) is 0 Å². The van der Waals surface area contributed by atoms with Crippen molar-refractivity contribution >= 4 is 17.3 Å². The topological polar surface area (TPSA) is 138 Å². The normalized spacial score (nSPS) is 11.6. The molecular formula is C32H47F3N2O10. The maximum atomic E-state index is 13.0. The first-order valence-electron chi connectivity index (χ1n) is 15.4. The van der Waals surface area contributed by atoms with Gasteiger partial charge in [-0.3, -0.25) is 0 Å². The van der Waals surface area contributed by atoms with Crippen molar-refractivity contribution in [2.45, 2.75) is 6.18 Å². The van der Waals surface area contributed by atoms with Crippen LogP contribution in [-0.2, 0) is 48.8 Å². The van der Waals surface area contributed by atoms with E-state index in [0.717, 1.165) is 12.1 Å². The summed E-state index contributed by atoms with van der Waals surface area (Å²) in [7, 11) is 0. The first-order chi connectivity index (χ1) is 22.9. The van der Waals surface area contributed by atoms with E-state index in [1.165, 1.54) is 18.2 Å². The molecule has 0 saturated heterocycles. The van der Waals surface area contributed by atoms with Crippen molar-refractivity contribution in [2.75, 3.05) is 124 Å². The van der Waals surface area contributed by atoms with Crippen LogP contribution in [0.1, 0.15) is 15.9 Å². The predicted octanol–water partition coefficient (Wildman–Crippen LogP) is 3.70. The number of anilines is 2. The van der Waals surface area contributed by atoms with Gasteiger partial charge >= 0.3 is 12.1 Å². The second-order valence-corrected chi connectivity index (χ2v) is 9.57. The molecule has 0 saturated carbocycles. The Morgan fingerprint density at radius 3 is 1.45 bits per heavy atom. The van der Waals surface area contributed by atoms with Crippen LogP contribution < -0.4 is 11.1 Å². The van der Waals surface area contributed by atoms with Crippen LogP contribution >= 0.6 is 0 Å². The fourth-order valence-electron chi connectivity index (χ4n) is 3.69. The third-order valence-electron chi connectivity index (χ3n) is 5.94. The molecule has 0 radical (unpaired) electrons. The zero-order valence-electron chi connectivity index (χ0n) is 26.6. The summed E-state index contributed by atoms with van der Waals surface area (Å²) in [6.45, 7) is 7.47. The lowest BCUT2D eigenvalue weighted by atomic mass is 10.1. The van der Waals surface area contributed by atoms with E-state index >= 15 is 0 Å². The number of nitrogens with one attached hydrogen (secondary N) is 1. The van der Waals surface area contributed by atoms with E-state index in [0.29, 0.717) is 111 Å². The van der Waals surface area contributed by atoms with Gasteiger partial charge in [-0.1, -0.05) is 18.2 Å². The molecule has 266 valence electrons. The minimum atomic E-state index is -4.47. The van der Waals surface area contributed by atoms with Gasteiger partial charge in [-0.15, -0.1) is 0 Å². The highest BCUT2D eigenvalue weighted by Gasteiger charge is 2.30. The van der Waals surface area contributed by atoms with Crippen molar-refractivity contribution < 1.29 is 60.6 Å². The molecule has 0 atom stereocenters. The Bertz CT molecular complexity index is 1080. The number of alkyl halides is 3. The fourth-order valence-corrected chi connectivity index (χ4v) is 3.69. The van der Waals surface area contributed by atoms with E-state index < -0.39 is 17.7 Å². The molecule has 2 rings (SSSR count). The molecule has 0 aliphatic carbocycles. The van der Waals surface area contributed by atoms with Gasteiger partial charge in [0.2, 0.25) is 0 Å². The zero-order valence-corrected chi connectivity index (χ0v) is 26.6. The molecule has 0 amide bonds. The maximum Gasteiger partial charge on any atom is 0.416 e. The number of carbonyl (C=O) groups excluding carboxylic acids is 1. The average molecular weight is 677 g/mol. The third-order valence-corrected chi connectivity index (χ3v) is 5.94. The van der Waals surface area contributed by atoms with E-state index in [4.69, 9.17) is 48.4 Å². The summed E-state index contributed by atoms with van der Waals surface area (Å²) in [5.74, 6) is -0.627. The minimum absolute atomic E-state index is 0.00112. The van der Waals surface area contributed by atoms with Crippen molar-refractivity contribution in [2.24, 2.45) is 5.73 Å². The van der Waals surface area contributed by atoms with Gasteiger partial charge in [0, 0.05) is 12.2 Å². The van der Waals surface area contributed by atoms with Gasteiger partial charge in [0.05, 0.1) is 123 Å². The number of nitrogens with two attached hydrogens (primary N) is 1. The van der Waals surface area contributed by atoms with E-state index in [1.54, 1.807) is 18.2 Å². The molecule has 2 aromatic carbocycles. The lowest BCUT2D eigenvalue weighted by molar-refractivity contribution is -0.137. The summed E-state index contributed by atoms with van der Waals surface area (Å²) >= 11 is 0. The SMILES string of the molecule is NCCOCCOCCOCCOCCOCCOCCOCCOCCOC(=O)c1ccccc1Nc1cccc(C(F)(F)F)c1. The smallest absolute Gasteiger partial charge is 0.416 e. The van der Waals surface area contributed by atoms with Crippen LogP contribution in [-0.4, -0.2) is 125 Å². The number of benzene rings is 2. The van der Waals surface area contributed by atoms with Crippen LogP contribution in [0.4, 0.5) is 24.5 Å². The maximum absolute atomic E-state index is 13.0. The van der Waals surface area contributed by atoms with Gasteiger partial charge in [0.15, 0.2) is 0 Å². The Balaban J connectivity index is 1.37. The number of para-hydroxylation sites is 1. The highest BCUT2D eigenvalue weighted by atomic mass is 19.4. The number of ether oxygens (including phenoxy) is 9. The first-order valence-corrected chi connectivity index (χ1v) is 15.4. The van der Waals surface area contributed by atoms with Gasteiger partial charge in [0.1, 0.15) is 6.61 Å². The van der Waals surface area contributed by atoms with Crippen molar-refractivity contribution in [1.29, 1.82) is 0 Å². The standard InChI is InChI=1S/C32H47F3N2O10/c33-32(34,35)27-4-3-5-28(26-27)37-30-7-2-1-6-29(30)31(38)47-25-24-46-23-22-45-21-20-44-19-18-43-17-16-42-15-14-41-13-12-40-11-10-39-9-8-36/h1-7,26,37H,8-25,36H2. The van der Waals surface area contributed by atoms with Gasteiger partial charge in [0.25, 0.3) is 0 Å². The quantitative estimate of drug-likeness (QED) is 0.0960. The number of hydrogen-bond donors (Lipinski definition) is 2. The summed E-state index contributed by atoms with van der Waals surface area (Å²) < 4.78 is 87.4. The molecule has 0 fully saturated rings. The second kappa shape index (κ2) is 26.1. The van der Waals surface area contributed by atoms with Gasteiger partial charge in [-0.25, -0.2) is 4.79 Å². The Kier molecular flexibility index (Phi) is 22.4. The number of carbonyl (C=O) groups is 1. The summed E-state index contributed by atoms with van der Waals surface area (Å²) in [5.41, 5.74) is 5.24. The Labute approximate surface area is 273 Å². The molecule has 3 N–H and O–H groups in total. The second-order valence-electron chi connectivity index (χ2n) is 9.57. The molecular weight excluding hydrogens is 629 g/mol. The van der Waals surface area contributed by atoms with Crippen LogP contribution in [0.15, 0.2) is 48.5 Å². The van der Waals surface area contributed by atoms with Crippen LogP contribution in [0.25, 0.3) is 0 Å². The number of hydrogen-bond acceptors (Lipinski definition) is 12. The van der Waals surface area contributed by atoms with Crippen LogP contribution in [0.5, 0.6) is 0 Å². The van der Waals surface area contributed by atoms with E-state index in [2.05, 4.69) is 5.32 Å². The van der Waals surface area contributed by atoms with Gasteiger partial charge in [-0.2, -0.15) is 13.2 Å². The molecule has 12 nitrogen and oxygen atoms in total. The highest BCUT2D eigenvalue weighted by molar-refractivity contribution is 5.96. The molecule has 0 aliphatic heterocycles. The Hall–Kier alpha value is -2.86. The summed E-state index contributed by atoms with van der Waals surface area (Å²) in [6, 6.07) is 11.1. The Morgan fingerprint density at radius 1 is 0.574 bits per heavy atom. The van der Waals surface area contributed by atoms with E-state index in [1.807, 2.05) is 0 Å². The largest absolute Gasteiger partial charge is 0.460 e. The van der Waals surface area contributed by atoms with Crippen molar-refractivity contribution in [1.82, 2.24) is 0 Å². The fraction of sp³-hybridized carbons (Fsp3) is 0.594. The molecule has 47 heavy (non-hydrogen) atoms. The molecule has 0 aromatic heterocycles. The van der Waals surface area contributed by atoms with Gasteiger partial charge in [-0.05, 0) is 30.3 Å². The monoisotopic (exact) mass is 676 g/mol. The van der Waals surface area contributed by atoms with Crippen molar-refractivity contribution in [3.8, 4) is 0 Å². The highest BCUT2D eigenvalue weighted by Crippen LogP contribution is 2.32. The zero-order chi connectivity index (χ0) is 33.8. The summed E-state index contributed by atoms with van der Waals surface area (Å²) in [5, 5.41) is 2.85. The number of halogens is 3. The molecule has 0 unspecified atom stereocenters. The van der Waals surface area contributed by atoms with Gasteiger partial charge < -0.3 is 53.7 Å². The van der Waals surface area contributed by atoms with Crippen LogP contribution in [0.3, 0.4) is 0 Å². The number of esters is 1. The lowest BCUT2D eigenvalue weighted by Gasteiger charge is -2.13. The summed E-state index contributed by atoms with van der Waals surface area (Å²) in [6.07, 6.45) is -4.47. The predicted molar refractivity (Wildman–Crippen MR) is 167 cm³/mol. The van der Waals surface area contributed by atoms with Crippen molar-refractivity contribution in [3.05, 3.63) is 59.7 Å². The molecule has 15 heteroatoms. The molecule has 2 aromatic rings. The van der Waals surface area contributed by atoms with E-state index in [9.17, 15) is 18.0 Å². The Morgan fingerprint density at radius 2 is 1.00 bits per heavy atom. The summed E-state index contributed by atoms with van der Waals surface area (Å²) in [4.78, 5) is 12.6. The first kappa shape index (κ1) is 40.3. The minimum Gasteiger partial charge on any atom is -0.460 e. The molecule has 0 heterocycles. The third kappa shape index (κ3) is 20.2. The van der Waals surface area contributed by atoms with Crippen molar-refractivity contribution in [3.63, 3.8) is 0 Å². The molecule has 0 spiro atoms. The number of rotatable bonds is 29. The lowest BCUT2D eigenvalue weighted by Crippen LogP contribution is -2.16.